The second kappa shape index (κ2) is 7.08. The molecule has 2 aliphatic heterocycles. The average molecular weight is 351 g/mol. The van der Waals surface area contributed by atoms with Crippen LogP contribution < -0.4 is 9.80 Å². The van der Waals surface area contributed by atoms with Crippen molar-refractivity contribution in [2.75, 3.05) is 37.1 Å². The molecule has 0 saturated carbocycles. The van der Waals surface area contributed by atoms with Crippen molar-refractivity contribution in [1.29, 1.82) is 0 Å². The van der Waals surface area contributed by atoms with Gasteiger partial charge in [-0.25, -0.2) is 0 Å². The molecular formula is C21H25N3O2. The lowest BCUT2D eigenvalue weighted by Gasteiger charge is -2.27. The lowest BCUT2D eigenvalue weighted by molar-refractivity contribution is -0.118. The zero-order chi connectivity index (χ0) is 18.1. The van der Waals surface area contributed by atoms with Crippen molar-refractivity contribution in [3.8, 4) is 11.1 Å². The number of nitrogens with zero attached hydrogens (tertiary/aromatic N) is 3. The molecule has 2 aromatic rings. The molecule has 3 heterocycles. The Kier molecular flexibility index (Phi) is 4.64. The molecule has 1 fully saturated rings. The largest absolute Gasteiger partial charge is 0.383 e. The maximum atomic E-state index is 11.9. The van der Waals surface area contributed by atoms with Crippen LogP contribution in [0.2, 0.25) is 0 Å². The molecule has 1 aromatic carbocycles. The molecule has 0 N–H and O–H groups in total. The van der Waals surface area contributed by atoms with Gasteiger partial charge in [0.15, 0.2) is 0 Å². The first-order valence-electron chi connectivity index (χ1n) is 9.28. The van der Waals surface area contributed by atoms with Gasteiger partial charge in [-0.2, -0.15) is 0 Å². The molecule has 26 heavy (non-hydrogen) atoms. The Morgan fingerprint density at radius 1 is 1.19 bits per heavy atom. The number of methoxy groups -OCH3 is 1. The number of aryl methyl sites for hydroxylation is 1. The molecule has 1 amide bonds. The number of anilines is 2. The molecule has 1 aromatic heterocycles. The summed E-state index contributed by atoms with van der Waals surface area (Å²) in [5, 5.41) is 0. The van der Waals surface area contributed by atoms with Crippen LogP contribution in [0.15, 0.2) is 36.7 Å². The molecule has 0 radical (unpaired) electrons. The van der Waals surface area contributed by atoms with Gasteiger partial charge in [-0.3, -0.25) is 9.78 Å². The Morgan fingerprint density at radius 3 is 2.92 bits per heavy atom. The molecule has 4 rings (SSSR count). The predicted octanol–water partition coefficient (Wildman–Crippen LogP) is 3.27. The fraction of sp³-hybridized carbons (Fsp3) is 0.429. The predicted molar refractivity (Wildman–Crippen MR) is 104 cm³/mol. The van der Waals surface area contributed by atoms with Crippen LogP contribution in [-0.2, 0) is 16.0 Å². The van der Waals surface area contributed by atoms with E-state index in [-0.39, 0.29) is 5.91 Å². The molecule has 0 spiro atoms. The monoisotopic (exact) mass is 351 g/mol. The third kappa shape index (κ3) is 3.07. The maximum Gasteiger partial charge on any atom is 0.227 e. The van der Waals surface area contributed by atoms with Crippen molar-refractivity contribution in [1.82, 2.24) is 4.98 Å². The number of ether oxygens (including phenoxy) is 1. The first-order valence-corrected chi connectivity index (χ1v) is 9.28. The van der Waals surface area contributed by atoms with Gasteiger partial charge >= 0.3 is 0 Å². The molecule has 136 valence electrons. The zero-order valence-electron chi connectivity index (χ0n) is 15.4. The van der Waals surface area contributed by atoms with E-state index in [9.17, 15) is 4.79 Å². The van der Waals surface area contributed by atoms with E-state index in [2.05, 4.69) is 34.1 Å². The van der Waals surface area contributed by atoms with Crippen LogP contribution in [0.25, 0.3) is 11.1 Å². The topological polar surface area (TPSA) is 45.7 Å². The van der Waals surface area contributed by atoms with Crippen molar-refractivity contribution >= 4 is 17.3 Å². The molecule has 0 bridgehead atoms. The van der Waals surface area contributed by atoms with Crippen molar-refractivity contribution in [3.05, 3.63) is 42.2 Å². The highest BCUT2D eigenvalue weighted by Gasteiger charge is 2.25. The van der Waals surface area contributed by atoms with Gasteiger partial charge in [-0.15, -0.1) is 0 Å². The highest BCUT2D eigenvalue weighted by atomic mass is 16.5. The summed E-state index contributed by atoms with van der Waals surface area (Å²) in [6, 6.07) is 9.00. The summed E-state index contributed by atoms with van der Waals surface area (Å²) < 4.78 is 5.38. The molecule has 0 aliphatic carbocycles. The maximum absolute atomic E-state index is 11.9. The number of aromatic nitrogens is 1. The Balaban J connectivity index is 1.64. The van der Waals surface area contributed by atoms with E-state index >= 15 is 0 Å². The number of hydrogen-bond acceptors (Lipinski definition) is 4. The molecule has 5 heteroatoms. The summed E-state index contributed by atoms with van der Waals surface area (Å²) in [5.74, 6) is 0.187. The number of fused-ring (bicyclic) bond motifs is 1. The van der Waals surface area contributed by atoms with E-state index in [1.165, 1.54) is 12.0 Å². The smallest absolute Gasteiger partial charge is 0.227 e. The van der Waals surface area contributed by atoms with E-state index in [0.717, 1.165) is 48.5 Å². The van der Waals surface area contributed by atoms with Crippen molar-refractivity contribution in [2.24, 2.45) is 0 Å². The first-order chi connectivity index (χ1) is 12.7. The van der Waals surface area contributed by atoms with Gasteiger partial charge in [0.05, 0.1) is 24.5 Å². The van der Waals surface area contributed by atoms with E-state index in [1.54, 1.807) is 12.0 Å². The summed E-state index contributed by atoms with van der Waals surface area (Å²) in [6.07, 6.45) is 7.61. The molecular weight excluding hydrogens is 326 g/mol. The Bertz CT molecular complexity index is 821. The van der Waals surface area contributed by atoms with Crippen molar-refractivity contribution in [3.63, 3.8) is 0 Å². The molecule has 1 saturated heterocycles. The zero-order valence-corrected chi connectivity index (χ0v) is 15.4. The number of hydrogen-bond donors (Lipinski definition) is 0. The number of rotatable bonds is 4. The van der Waals surface area contributed by atoms with Crippen LogP contribution in [0.3, 0.4) is 0 Å². The van der Waals surface area contributed by atoms with E-state index in [0.29, 0.717) is 12.5 Å². The highest BCUT2D eigenvalue weighted by molar-refractivity contribution is 5.96. The number of pyridine rings is 1. The fourth-order valence-electron chi connectivity index (χ4n) is 4.12. The third-order valence-corrected chi connectivity index (χ3v) is 5.55. The molecule has 0 unspecified atom stereocenters. The van der Waals surface area contributed by atoms with Crippen LogP contribution in [0.5, 0.6) is 0 Å². The standard InChI is InChI=1S/C21H25N3O2/c1-23-20-7-5-15(10-16(20)6-8-21(23)25)17-11-19(13-22-12-17)24-9-3-4-18(24)14-26-2/h5,7,10-13,18H,3-4,6,8-9,14H2,1-2H3/t18-/m0/s1. The third-order valence-electron chi connectivity index (χ3n) is 5.55. The Morgan fingerprint density at radius 2 is 2.08 bits per heavy atom. The SMILES string of the molecule is COC[C@@H]1CCCN1c1cncc(-c2ccc3c(c2)CCC(=O)N3C)c1. The van der Waals surface area contributed by atoms with Gasteiger partial charge in [0.2, 0.25) is 5.91 Å². The minimum absolute atomic E-state index is 0.187. The molecule has 1 atom stereocenters. The Hall–Kier alpha value is -2.40. The van der Waals surface area contributed by atoms with Gasteiger partial charge in [-0.05, 0) is 48.6 Å². The summed E-state index contributed by atoms with van der Waals surface area (Å²) in [7, 11) is 3.62. The summed E-state index contributed by atoms with van der Waals surface area (Å²) in [4.78, 5) is 20.5. The number of benzene rings is 1. The minimum atomic E-state index is 0.187. The van der Waals surface area contributed by atoms with Crippen LogP contribution in [0.4, 0.5) is 11.4 Å². The van der Waals surface area contributed by atoms with Crippen LogP contribution in [-0.4, -0.2) is 44.2 Å². The highest BCUT2D eigenvalue weighted by Crippen LogP contribution is 2.33. The second-order valence-electron chi connectivity index (χ2n) is 7.17. The first kappa shape index (κ1) is 17.0. The quantitative estimate of drug-likeness (QED) is 0.848. The lowest BCUT2D eigenvalue weighted by atomic mass is 9.96. The fourth-order valence-corrected chi connectivity index (χ4v) is 4.12. The number of carbonyl (C=O) groups is 1. The molecule has 2 aliphatic rings. The van der Waals surface area contributed by atoms with Gasteiger partial charge in [0, 0.05) is 44.6 Å². The van der Waals surface area contributed by atoms with Gasteiger partial charge < -0.3 is 14.5 Å². The average Bonchev–Trinajstić information content (AvgIpc) is 3.13. The van der Waals surface area contributed by atoms with Gasteiger partial charge in [0.25, 0.3) is 0 Å². The van der Waals surface area contributed by atoms with Crippen LogP contribution in [0.1, 0.15) is 24.8 Å². The van der Waals surface area contributed by atoms with Gasteiger partial charge in [-0.1, -0.05) is 6.07 Å². The lowest BCUT2D eigenvalue weighted by Crippen LogP contribution is -2.32. The van der Waals surface area contributed by atoms with E-state index in [1.807, 2.05) is 19.4 Å². The van der Waals surface area contributed by atoms with E-state index in [4.69, 9.17) is 4.74 Å². The summed E-state index contributed by atoms with van der Waals surface area (Å²) in [6.45, 7) is 1.81. The van der Waals surface area contributed by atoms with Gasteiger partial charge in [0.1, 0.15) is 0 Å². The summed E-state index contributed by atoms with van der Waals surface area (Å²) >= 11 is 0. The second-order valence-corrected chi connectivity index (χ2v) is 7.17. The summed E-state index contributed by atoms with van der Waals surface area (Å²) in [5.41, 5.74) is 5.69. The minimum Gasteiger partial charge on any atom is -0.383 e. The molecule has 5 nitrogen and oxygen atoms in total. The number of carbonyl (C=O) groups excluding carboxylic acids is 1. The normalized spacial score (nSPS) is 19.8. The van der Waals surface area contributed by atoms with Crippen molar-refractivity contribution in [2.45, 2.75) is 31.7 Å². The Labute approximate surface area is 154 Å². The van der Waals surface area contributed by atoms with E-state index < -0.39 is 0 Å². The number of amides is 1. The van der Waals surface area contributed by atoms with Crippen LogP contribution in [0, 0.1) is 0 Å². The van der Waals surface area contributed by atoms with Crippen molar-refractivity contribution < 1.29 is 9.53 Å². The van der Waals surface area contributed by atoms with Crippen LogP contribution >= 0.6 is 0 Å².